The van der Waals surface area contributed by atoms with Crippen molar-refractivity contribution in [3.8, 4) is 0 Å². The highest BCUT2D eigenvalue weighted by atomic mass is 15.2. The van der Waals surface area contributed by atoms with Crippen LogP contribution in [0.1, 0.15) is 64.5 Å². The molecule has 0 bridgehead atoms. The molecule has 0 saturated heterocycles. The van der Waals surface area contributed by atoms with Crippen LogP contribution in [0.25, 0.3) is 0 Å². The Morgan fingerprint density at radius 3 is 2.24 bits per heavy atom. The van der Waals surface area contributed by atoms with Gasteiger partial charge < -0.3 is 10.2 Å². The van der Waals surface area contributed by atoms with E-state index >= 15 is 0 Å². The molecule has 3 nitrogen and oxygen atoms in total. The summed E-state index contributed by atoms with van der Waals surface area (Å²) in [5.74, 6) is 1.17. The summed E-state index contributed by atoms with van der Waals surface area (Å²) in [6.45, 7) is 14.2. The zero-order valence-corrected chi connectivity index (χ0v) is 14.6. The minimum atomic E-state index is 0.510. The lowest BCUT2D eigenvalue weighted by atomic mass is 10.1. The summed E-state index contributed by atoms with van der Waals surface area (Å²) in [5.41, 5.74) is 2.57. The topological polar surface area (TPSA) is 28.2 Å². The van der Waals surface area contributed by atoms with Crippen LogP contribution < -0.4 is 10.2 Å². The van der Waals surface area contributed by atoms with Gasteiger partial charge in [-0.1, -0.05) is 40.5 Å². The highest BCUT2D eigenvalue weighted by molar-refractivity contribution is 5.47. The van der Waals surface area contributed by atoms with Gasteiger partial charge >= 0.3 is 0 Å². The number of pyridine rings is 1. The minimum absolute atomic E-state index is 0.510. The summed E-state index contributed by atoms with van der Waals surface area (Å²) >= 11 is 0. The van der Waals surface area contributed by atoms with E-state index in [1.807, 2.05) is 6.20 Å². The molecule has 0 unspecified atom stereocenters. The smallest absolute Gasteiger partial charge is 0.131 e. The van der Waals surface area contributed by atoms with E-state index in [0.29, 0.717) is 6.04 Å². The predicted octanol–water partition coefficient (Wildman–Crippen LogP) is 4.29. The van der Waals surface area contributed by atoms with Crippen molar-refractivity contribution in [1.29, 1.82) is 0 Å². The van der Waals surface area contributed by atoms with E-state index in [1.54, 1.807) is 0 Å². The zero-order chi connectivity index (χ0) is 15.7. The highest BCUT2D eigenvalue weighted by Crippen LogP contribution is 2.19. The lowest BCUT2D eigenvalue weighted by molar-refractivity contribution is 0.587. The first-order valence-corrected chi connectivity index (χ1v) is 8.52. The Morgan fingerprint density at radius 1 is 1.14 bits per heavy atom. The van der Waals surface area contributed by atoms with Gasteiger partial charge in [-0.05, 0) is 37.0 Å². The fourth-order valence-electron chi connectivity index (χ4n) is 2.40. The fourth-order valence-corrected chi connectivity index (χ4v) is 2.40. The molecule has 0 fully saturated rings. The Balaban J connectivity index is 2.77. The van der Waals surface area contributed by atoms with Crippen LogP contribution in [0.15, 0.2) is 12.3 Å². The SMILES string of the molecule is CCCCN(CCCC)c1ncc(CNC(C)C)cc1C. The number of aromatic nitrogens is 1. The first-order valence-electron chi connectivity index (χ1n) is 8.52. The highest BCUT2D eigenvalue weighted by Gasteiger charge is 2.10. The molecule has 1 aromatic heterocycles. The van der Waals surface area contributed by atoms with Crippen LogP contribution in [0.4, 0.5) is 5.82 Å². The first kappa shape index (κ1) is 18.0. The van der Waals surface area contributed by atoms with Crippen molar-refractivity contribution in [3.63, 3.8) is 0 Å². The molecule has 1 aromatic rings. The monoisotopic (exact) mass is 291 g/mol. The van der Waals surface area contributed by atoms with Gasteiger partial charge in [-0.2, -0.15) is 0 Å². The van der Waals surface area contributed by atoms with Gasteiger partial charge in [-0.25, -0.2) is 4.98 Å². The van der Waals surface area contributed by atoms with E-state index in [0.717, 1.165) is 19.6 Å². The van der Waals surface area contributed by atoms with Gasteiger partial charge in [-0.3, -0.25) is 0 Å². The summed E-state index contributed by atoms with van der Waals surface area (Å²) in [7, 11) is 0. The van der Waals surface area contributed by atoms with Gasteiger partial charge in [-0.15, -0.1) is 0 Å². The molecule has 3 heteroatoms. The number of anilines is 1. The van der Waals surface area contributed by atoms with Crippen molar-refractivity contribution in [2.45, 2.75) is 72.9 Å². The molecule has 0 aromatic carbocycles. The van der Waals surface area contributed by atoms with Crippen molar-refractivity contribution < 1.29 is 0 Å². The van der Waals surface area contributed by atoms with Gasteiger partial charge in [0.2, 0.25) is 0 Å². The van der Waals surface area contributed by atoms with E-state index in [2.05, 4.69) is 50.9 Å². The van der Waals surface area contributed by atoms with Crippen LogP contribution >= 0.6 is 0 Å². The molecule has 21 heavy (non-hydrogen) atoms. The lowest BCUT2D eigenvalue weighted by Gasteiger charge is -2.25. The molecule has 1 rings (SSSR count). The number of nitrogens with zero attached hydrogens (tertiary/aromatic N) is 2. The van der Waals surface area contributed by atoms with Crippen molar-refractivity contribution in [3.05, 3.63) is 23.4 Å². The second kappa shape index (κ2) is 9.78. The summed E-state index contributed by atoms with van der Waals surface area (Å²) in [5, 5.41) is 3.45. The number of aryl methyl sites for hydroxylation is 1. The summed E-state index contributed by atoms with van der Waals surface area (Å²) < 4.78 is 0. The van der Waals surface area contributed by atoms with Gasteiger partial charge in [0, 0.05) is 31.9 Å². The molecule has 0 radical (unpaired) electrons. The molecule has 0 aliphatic heterocycles. The average Bonchev–Trinajstić information content (AvgIpc) is 2.46. The molecule has 120 valence electrons. The molecular weight excluding hydrogens is 258 g/mol. The van der Waals surface area contributed by atoms with Gasteiger partial charge in [0.05, 0.1) is 0 Å². The number of unbranched alkanes of at least 4 members (excludes halogenated alkanes) is 2. The molecule has 0 atom stereocenters. The lowest BCUT2D eigenvalue weighted by Crippen LogP contribution is -2.27. The van der Waals surface area contributed by atoms with Crippen LogP contribution in [0.2, 0.25) is 0 Å². The number of nitrogens with one attached hydrogen (secondary N) is 1. The van der Waals surface area contributed by atoms with E-state index in [1.165, 1.54) is 42.6 Å². The number of rotatable bonds is 10. The van der Waals surface area contributed by atoms with Crippen LogP contribution in [0.3, 0.4) is 0 Å². The molecular formula is C18H33N3. The Kier molecular flexibility index (Phi) is 8.36. The summed E-state index contributed by atoms with van der Waals surface area (Å²) in [6, 6.07) is 2.79. The maximum absolute atomic E-state index is 4.75. The third-order valence-electron chi connectivity index (χ3n) is 3.68. The molecule has 0 aliphatic rings. The summed E-state index contributed by atoms with van der Waals surface area (Å²) in [6.07, 6.45) is 6.97. The summed E-state index contributed by atoms with van der Waals surface area (Å²) in [4.78, 5) is 7.21. The van der Waals surface area contributed by atoms with Gasteiger partial charge in [0.1, 0.15) is 5.82 Å². The molecule has 0 saturated carbocycles. The number of hydrogen-bond acceptors (Lipinski definition) is 3. The molecule has 1 N–H and O–H groups in total. The van der Waals surface area contributed by atoms with Crippen molar-refractivity contribution in [2.24, 2.45) is 0 Å². The average molecular weight is 291 g/mol. The van der Waals surface area contributed by atoms with Crippen molar-refractivity contribution in [2.75, 3.05) is 18.0 Å². The van der Waals surface area contributed by atoms with Gasteiger partial charge in [0.15, 0.2) is 0 Å². The quantitative estimate of drug-likeness (QED) is 0.697. The predicted molar refractivity (Wildman–Crippen MR) is 93.0 cm³/mol. The first-order chi connectivity index (χ1) is 10.1. The van der Waals surface area contributed by atoms with Crippen molar-refractivity contribution in [1.82, 2.24) is 10.3 Å². The van der Waals surface area contributed by atoms with E-state index in [4.69, 9.17) is 4.98 Å². The van der Waals surface area contributed by atoms with E-state index in [9.17, 15) is 0 Å². The van der Waals surface area contributed by atoms with Crippen molar-refractivity contribution >= 4 is 5.82 Å². The maximum Gasteiger partial charge on any atom is 0.131 e. The van der Waals surface area contributed by atoms with Gasteiger partial charge in [0.25, 0.3) is 0 Å². The Bertz CT molecular complexity index is 393. The molecule has 0 amide bonds. The van der Waals surface area contributed by atoms with E-state index < -0.39 is 0 Å². The van der Waals surface area contributed by atoms with Crippen LogP contribution in [-0.4, -0.2) is 24.1 Å². The fraction of sp³-hybridized carbons (Fsp3) is 0.722. The largest absolute Gasteiger partial charge is 0.356 e. The molecule has 0 spiro atoms. The third-order valence-corrected chi connectivity index (χ3v) is 3.68. The minimum Gasteiger partial charge on any atom is -0.356 e. The Morgan fingerprint density at radius 2 is 1.76 bits per heavy atom. The normalized spacial score (nSPS) is 11.1. The second-order valence-corrected chi connectivity index (χ2v) is 6.21. The second-order valence-electron chi connectivity index (χ2n) is 6.21. The standard InChI is InChI=1S/C18H33N3/c1-6-8-10-21(11-9-7-2)18-16(5)12-17(14-20-18)13-19-15(3)4/h12,14-15,19H,6-11,13H2,1-5H3. The molecule has 1 heterocycles. The van der Waals surface area contributed by atoms with E-state index in [-0.39, 0.29) is 0 Å². The molecule has 0 aliphatic carbocycles. The zero-order valence-electron chi connectivity index (χ0n) is 14.6. The Hall–Kier alpha value is -1.09. The van der Waals surface area contributed by atoms with Crippen LogP contribution in [0.5, 0.6) is 0 Å². The van der Waals surface area contributed by atoms with Crippen LogP contribution in [-0.2, 0) is 6.54 Å². The number of hydrogen-bond donors (Lipinski definition) is 1. The third kappa shape index (κ3) is 6.47. The Labute approximate surface area is 131 Å². The maximum atomic E-state index is 4.75. The van der Waals surface area contributed by atoms with Crippen LogP contribution in [0, 0.1) is 6.92 Å².